The quantitative estimate of drug-likeness (QED) is 0.162. The van der Waals surface area contributed by atoms with Gasteiger partial charge < -0.3 is 24.9 Å². The molecule has 0 fully saturated rings. The van der Waals surface area contributed by atoms with E-state index in [0.29, 0.717) is 56.8 Å². The van der Waals surface area contributed by atoms with E-state index in [1.54, 1.807) is 0 Å². The van der Waals surface area contributed by atoms with E-state index in [1.165, 1.54) is 12.1 Å². The van der Waals surface area contributed by atoms with Gasteiger partial charge in [-0.2, -0.15) is 13.2 Å². The maximum Gasteiger partial charge on any atom is 2.00 e. The Morgan fingerprint density at radius 3 is 1.16 bits per heavy atom. The van der Waals surface area contributed by atoms with E-state index in [1.807, 2.05) is 72.8 Å². The first-order valence-corrected chi connectivity index (χ1v) is 21.4. The van der Waals surface area contributed by atoms with Gasteiger partial charge in [-0.1, -0.05) is 109 Å². The summed E-state index contributed by atoms with van der Waals surface area (Å²) in [5.41, 5.74) is 5.66. The summed E-state index contributed by atoms with van der Waals surface area (Å²) in [5.74, 6) is 1.27. The summed E-state index contributed by atoms with van der Waals surface area (Å²) < 4.78 is 42.6. The summed E-state index contributed by atoms with van der Waals surface area (Å²) in [7, 11) is 0. The fourth-order valence-corrected chi connectivity index (χ4v) is 9.76. The van der Waals surface area contributed by atoms with Crippen molar-refractivity contribution in [3.8, 4) is 56.5 Å². The number of rotatable bonds is 1. The number of halogens is 3. The van der Waals surface area contributed by atoms with Crippen LogP contribution in [0.3, 0.4) is 0 Å². The van der Waals surface area contributed by atoms with Crippen molar-refractivity contribution in [2.75, 3.05) is 0 Å². The zero-order chi connectivity index (χ0) is 43.8. The molecule has 318 valence electrons. The Morgan fingerprint density at radius 1 is 0.358 bits per heavy atom. The third-order valence-electron chi connectivity index (χ3n) is 13.0. The smallest absolute Gasteiger partial charge is 0.435 e. The van der Waals surface area contributed by atoms with Gasteiger partial charge in [-0.15, -0.1) is 0 Å². The average molecular weight is 1050 g/mol. The molecule has 0 unspecified atom stereocenters. The van der Waals surface area contributed by atoms with E-state index >= 15 is 0 Å². The first-order valence-electron chi connectivity index (χ1n) is 21.4. The van der Waals surface area contributed by atoms with Crippen LogP contribution in [-0.4, -0.2) is 24.9 Å². The van der Waals surface area contributed by atoms with Crippen LogP contribution in [-0.2, 0) is 27.2 Å². The van der Waals surface area contributed by atoms with Crippen LogP contribution in [0.5, 0.6) is 0 Å². The summed E-state index contributed by atoms with van der Waals surface area (Å²) in [6.07, 6.45) is -4.54. The number of alkyl halides is 3. The minimum atomic E-state index is -4.54. The van der Waals surface area contributed by atoms with Crippen LogP contribution >= 0.6 is 0 Å². The second kappa shape index (κ2) is 14.5. The molecule has 5 heterocycles. The molecule has 0 radical (unpaired) electrons. The van der Waals surface area contributed by atoms with Gasteiger partial charge in [-0.3, -0.25) is 0 Å². The molecule has 0 amide bonds. The fraction of sp³-hybridized carbons (Fsp3) is 0.0179. The van der Waals surface area contributed by atoms with E-state index in [9.17, 15) is 13.2 Å². The van der Waals surface area contributed by atoms with E-state index in [0.717, 1.165) is 99.0 Å². The Labute approximate surface area is 392 Å². The van der Waals surface area contributed by atoms with E-state index < -0.39 is 11.7 Å². The minimum Gasteiger partial charge on any atom is -0.435 e. The zero-order valence-corrected chi connectivity index (χ0v) is 37.0. The van der Waals surface area contributed by atoms with Gasteiger partial charge in [-0.25, -0.2) is 9.97 Å². The van der Waals surface area contributed by atoms with Crippen molar-refractivity contribution < 1.29 is 34.2 Å². The van der Waals surface area contributed by atoms with Gasteiger partial charge in [0.25, 0.3) is 0 Å². The number of hydrogen-bond donors (Lipinski definition) is 0. The molecule has 11 heteroatoms. The molecule has 0 atom stereocenters. The van der Waals surface area contributed by atoms with Crippen LogP contribution in [0, 0.1) is 0 Å². The van der Waals surface area contributed by atoms with Crippen LogP contribution < -0.4 is 9.97 Å². The molecule has 14 rings (SSSR count). The topological polar surface area (TPSA) is 92.7 Å². The van der Waals surface area contributed by atoms with Crippen LogP contribution in [0.1, 0.15) is 5.56 Å². The molecule has 2 aliphatic rings. The predicted octanol–water partition coefficient (Wildman–Crippen LogP) is 14.0. The van der Waals surface area contributed by atoms with Gasteiger partial charge >= 0.3 is 27.2 Å². The third-order valence-corrected chi connectivity index (χ3v) is 13.0. The van der Waals surface area contributed by atoms with Crippen molar-refractivity contribution in [3.63, 3.8) is 0 Å². The number of aromatic nitrogens is 7. The van der Waals surface area contributed by atoms with Crippen LogP contribution in [0.25, 0.3) is 144 Å². The minimum absolute atomic E-state index is 0. The molecule has 0 aliphatic carbocycles. The molecular weight excluding hydrogens is 1020 g/mol. The van der Waals surface area contributed by atoms with Crippen molar-refractivity contribution in [2.24, 2.45) is 0 Å². The number of hydrogen-bond acceptors (Lipinski definition) is 5. The molecule has 8 bridgehead atoms. The maximum atomic E-state index is 14.2. The van der Waals surface area contributed by atoms with Crippen molar-refractivity contribution in [3.05, 3.63) is 175 Å². The van der Waals surface area contributed by atoms with Gasteiger partial charge in [0.05, 0.1) is 28.7 Å². The van der Waals surface area contributed by atoms with Gasteiger partial charge in [0.15, 0.2) is 0 Å². The summed E-state index contributed by atoms with van der Waals surface area (Å²) in [4.78, 5) is 37.0. The van der Waals surface area contributed by atoms with E-state index in [4.69, 9.17) is 34.9 Å². The molecule has 0 spiro atoms. The molecule has 12 aromatic rings. The van der Waals surface area contributed by atoms with Crippen molar-refractivity contribution >= 4 is 87.1 Å². The molecule has 2 aliphatic heterocycles. The van der Waals surface area contributed by atoms with Gasteiger partial charge in [0, 0.05) is 39.1 Å². The average Bonchev–Trinajstić information content (AvgIpc) is 4.06. The Kier molecular flexibility index (Phi) is 8.49. The maximum absolute atomic E-state index is 14.2. The second-order valence-electron chi connectivity index (χ2n) is 16.9. The Hall–Kier alpha value is -8.07. The Morgan fingerprint density at radius 2 is 0.716 bits per heavy atom. The molecule has 0 N–H and O–H groups in total. The summed E-state index contributed by atoms with van der Waals surface area (Å²) in [6, 6.07) is 54.2. The van der Waals surface area contributed by atoms with E-state index in [-0.39, 0.29) is 21.1 Å². The monoisotopic (exact) mass is 1050 g/mol. The SMILES string of the molecule is FC(F)(F)c1ccc(-c2c3nc(nc4[n-]c(nc5nc(nc6[n-]c2c2cc7ccccc7cc62)-c2cc6ccccc6cc2-5)c2cc5ccccc5cc42)-c2cc4ccccc4cc2-3)cc1.[Pt+2]. The molecule has 67 heavy (non-hydrogen) atoms. The van der Waals surface area contributed by atoms with E-state index in [2.05, 4.69) is 72.8 Å². The Balaban J connectivity index is 0.00000446. The van der Waals surface area contributed by atoms with Crippen molar-refractivity contribution in [2.45, 2.75) is 6.18 Å². The Bertz CT molecular complexity index is 4290. The van der Waals surface area contributed by atoms with Gasteiger partial charge in [-0.05, 0) is 142 Å². The second-order valence-corrected chi connectivity index (χ2v) is 16.9. The molecular formula is C56H28F3N7Pt. The van der Waals surface area contributed by atoms with Crippen LogP contribution in [0.2, 0.25) is 0 Å². The first-order chi connectivity index (χ1) is 32.3. The largest absolute Gasteiger partial charge is 2.00 e. The fourth-order valence-electron chi connectivity index (χ4n) is 9.76. The van der Waals surface area contributed by atoms with Crippen molar-refractivity contribution in [1.29, 1.82) is 0 Å². The van der Waals surface area contributed by atoms with Crippen LogP contribution in [0.4, 0.5) is 13.2 Å². The van der Waals surface area contributed by atoms with Gasteiger partial charge in [0.2, 0.25) is 0 Å². The number of benzene rings is 9. The molecule has 0 saturated heterocycles. The summed E-state index contributed by atoms with van der Waals surface area (Å²) in [5, 5.41) is 11.0. The zero-order valence-electron chi connectivity index (χ0n) is 34.7. The third kappa shape index (κ3) is 6.13. The molecule has 0 saturated carbocycles. The van der Waals surface area contributed by atoms with Crippen molar-refractivity contribution in [1.82, 2.24) is 34.9 Å². The van der Waals surface area contributed by atoms with Crippen LogP contribution in [0.15, 0.2) is 170 Å². The predicted molar refractivity (Wildman–Crippen MR) is 257 cm³/mol. The molecule has 7 nitrogen and oxygen atoms in total. The first kappa shape index (κ1) is 39.3. The molecule has 9 aromatic carbocycles. The number of nitrogens with zero attached hydrogens (tertiary/aromatic N) is 7. The van der Waals surface area contributed by atoms with Gasteiger partial charge in [0.1, 0.15) is 0 Å². The normalized spacial score (nSPS) is 12.3. The summed E-state index contributed by atoms with van der Waals surface area (Å²) in [6.45, 7) is 0. The standard InChI is InChI=1S/C56H28F3N7.Pt/c57-56(58,59)38-19-17-29(18-20-38)47-48-39-21-30-9-1-3-11-32(30)23-41(39)50(60-48)62-52-43-25-34-13-5-7-15-36(34)27-45(43)54(64-52)66-55-46-28-37-16-8-6-14-35(37)26-44(46)53(65-55)63-51-42-24-33-12-4-2-10-31(33)22-40(42)49(47)61-51;/h1-28H;/q-2;+2. The molecule has 3 aromatic heterocycles. The number of fused-ring (bicyclic) bond motifs is 24. The summed E-state index contributed by atoms with van der Waals surface area (Å²) >= 11 is 0.